The van der Waals surface area contributed by atoms with E-state index in [1.165, 1.54) is 6.26 Å². The minimum absolute atomic E-state index is 0.172. The van der Waals surface area contributed by atoms with Gasteiger partial charge in [-0.2, -0.15) is 0 Å². The lowest BCUT2D eigenvalue weighted by Gasteiger charge is -2.20. The maximum Gasteiger partial charge on any atom is 0.208 e. The summed E-state index contributed by atoms with van der Waals surface area (Å²) in [5.41, 5.74) is 0.172. The van der Waals surface area contributed by atoms with Crippen molar-refractivity contribution < 1.29 is 8.42 Å². The van der Waals surface area contributed by atoms with Crippen LogP contribution in [0.3, 0.4) is 0 Å². The molecule has 0 aromatic carbocycles. The van der Waals surface area contributed by atoms with Gasteiger partial charge in [0.25, 0.3) is 0 Å². The number of rotatable bonds is 7. The van der Waals surface area contributed by atoms with Gasteiger partial charge in [-0.15, -0.1) is 0 Å². The van der Waals surface area contributed by atoms with Gasteiger partial charge in [-0.25, -0.2) is 13.1 Å². The number of nitrogens with one attached hydrogen (secondary N) is 2. The summed E-state index contributed by atoms with van der Waals surface area (Å²) in [6, 6.07) is 0. The van der Waals surface area contributed by atoms with Crippen LogP contribution in [0.25, 0.3) is 0 Å². The van der Waals surface area contributed by atoms with Gasteiger partial charge in [0.15, 0.2) is 0 Å². The highest BCUT2D eigenvalue weighted by Crippen LogP contribution is 2.00. The molecule has 0 rings (SSSR count). The number of hydrogen-bond acceptors (Lipinski definition) is 3. The first kappa shape index (κ1) is 14.9. The predicted molar refractivity (Wildman–Crippen MR) is 64.5 cm³/mol. The Morgan fingerprint density at radius 3 is 2.00 bits per heavy atom. The summed E-state index contributed by atoms with van der Waals surface area (Å²) in [4.78, 5) is 0. The SMILES string of the molecule is CC(C)(C)NCCCCCNS(C)(=O)=O. The molecule has 0 spiro atoms. The lowest BCUT2D eigenvalue weighted by atomic mass is 10.1. The van der Waals surface area contributed by atoms with E-state index in [1.807, 2.05) is 0 Å². The monoisotopic (exact) mass is 236 g/mol. The Hall–Kier alpha value is -0.130. The van der Waals surface area contributed by atoms with Gasteiger partial charge in [-0.1, -0.05) is 6.42 Å². The summed E-state index contributed by atoms with van der Waals surface area (Å²) in [7, 11) is -3.01. The molecule has 0 radical (unpaired) electrons. The van der Waals surface area contributed by atoms with Gasteiger partial charge in [0.1, 0.15) is 0 Å². The molecule has 92 valence electrons. The molecule has 0 aromatic heterocycles. The van der Waals surface area contributed by atoms with Gasteiger partial charge in [0.2, 0.25) is 10.0 Å². The Labute approximate surface area is 93.9 Å². The Balaban J connectivity index is 3.27. The van der Waals surface area contributed by atoms with Gasteiger partial charge in [0.05, 0.1) is 6.26 Å². The second-order valence-electron chi connectivity index (χ2n) is 4.90. The third-order valence-electron chi connectivity index (χ3n) is 1.87. The molecule has 0 saturated heterocycles. The summed E-state index contributed by atoms with van der Waals surface area (Å²) in [6.45, 7) is 7.95. The molecule has 0 amide bonds. The molecule has 0 atom stereocenters. The third kappa shape index (κ3) is 13.9. The molecule has 15 heavy (non-hydrogen) atoms. The predicted octanol–water partition coefficient (Wildman–Crippen LogP) is 1.09. The van der Waals surface area contributed by atoms with Crippen LogP contribution in [0.4, 0.5) is 0 Å². The van der Waals surface area contributed by atoms with E-state index < -0.39 is 10.0 Å². The van der Waals surface area contributed by atoms with Crippen LogP contribution in [0.2, 0.25) is 0 Å². The minimum atomic E-state index is -3.01. The van der Waals surface area contributed by atoms with Crippen LogP contribution in [0.5, 0.6) is 0 Å². The van der Waals surface area contributed by atoms with E-state index >= 15 is 0 Å². The zero-order valence-electron chi connectivity index (χ0n) is 10.3. The van der Waals surface area contributed by atoms with Crippen LogP contribution in [0.1, 0.15) is 40.0 Å². The zero-order chi connectivity index (χ0) is 11.9. The summed E-state index contributed by atoms with van der Waals surface area (Å²) >= 11 is 0. The normalized spacial score (nSPS) is 13.1. The van der Waals surface area contributed by atoms with Gasteiger partial charge in [-0.05, 0) is 40.2 Å². The number of unbranched alkanes of at least 4 members (excludes halogenated alkanes) is 2. The van der Waals surface area contributed by atoms with Gasteiger partial charge < -0.3 is 5.32 Å². The van der Waals surface area contributed by atoms with Crippen molar-refractivity contribution in [2.24, 2.45) is 0 Å². The quantitative estimate of drug-likeness (QED) is 0.651. The van der Waals surface area contributed by atoms with Gasteiger partial charge in [-0.3, -0.25) is 0 Å². The van der Waals surface area contributed by atoms with E-state index in [1.54, 1.807) is 0 Å². The smallest absolute Gasteiger partial charge is 0.208 e. The van der Waals surface area contributed by atoms with Crippen LogP contribution in [-0.2, 0) is 10.0 Å². The van der Waals surface area contributed by atoms with Crippen molar-refractivity contribution >= 4 is 10.0 Å². The Bertz CT molecular complexity index is 255. The summed E-state index contributed by atoms with van der Waals surface area (Å²) in [5.74, 6) is 0. The first-order valence-electron chi connectivity index (χ1n) is 5.40. The van der Waals surface area contributed by atoms with E-state index in [0.29, 0.717) is 6.54 Å². The molecule has 2 N–H and O–H groups in total. The lowest BCUT2D eigenvalue weighted by Crippen LogP contribution is -2.36. The van der Waals surface area contributed by atoms with Crippen molar-refractivity contribution in [1.29, 1.82) is 0 Å². The average Bonchev–Trinajstić information content (AvgIpc) is 1.98. The first-order chi connectivity index (χ1) is 6.71. The molecule has 4 nitrogen and oxygen atoms in total. The average molecular weight is 236 g/mol. The molecule has 0 unspecified atom stereocenters. The van der Waals surface area contributed by atoms with Crippen LogP contribution in [0, 0.1) is 0 Å². The fourth-order valence-corrected chi connectivity index (χ4v) is 1.66. The largest absolute Gasteiger partial charge is 0.312 e. The Morgan fingerprint density at radius 2 is 1.53 bits per heavy atom. The van der Waals surface area contributed by atoms with Crippen molar-refractivity contribution in [2.75, 3.05) is 19.3 Å². The van der Waals surface area contributed by atoms with E-state index in [2.05, 4.69) is 30.8 Å². The van der Waals surface area contributed by atoms with Crippen LogP contribution in [-0.4, -0.2) is 33.3 Å². The Morgan fingerprint density at radius 1 is 1.00 bits per heavy atom. The minimum Gasteiger partial charge on any atom is -0.312 e. The molecule has 0 aromatic rings. The number of hydrogen-bond donors (Lipinski definition) is 2. The van der Waals surface area contributed by atoms with E-state index in [-0.39, 0.29) is 5.54 Å². The second-order valence-corrected chi connectivity index (χ2v) is 6.74. The molecule has 0 bridgehead atoms. The van der Waals surface area contributed by atoms with Crippen LogP contribution < -0.4 is 10.0 Å². The second kappa shape index (κ2) is 6.45. The van der Waals surface area contributed by atoms with Gasteiger partial charge >= 0.3 is 0 Å². The van der Waals surface area contributed by atoms with Crippen molar-refractivity contribution in [3.8, 4) is 0 Å². The van der Waals surface area contributed by atoms with E-state index in [9.17, 15) is 8.42 Å². The summed E-state index contributed by atoms with van der Waals surface area (Å²) < 4.78 is 23.9. The van der Waals surface area contributed by atoms with Crippen molar-refractivity contribution in [2.45, 2.75) is 45.6 Å². The molecule has 5 heteroatoms. The highest BCUT2D eigenvalue weighted by molar-refractivity contribution is 7.88. The highest BCUT2D eigenvalue weighted by atomic mass is 32.2. The summed E-state index contributed by atoms with van der Waals surface area (Å²) in [6.07, 6.45) is 4.22. The molecule has 0 fully saturated rings. The third-order valence-corrected chi connectivity index (χ3v) is 2.60. The van der Waals surface area contributed by atoms with Crippen LogP contribution in [0.15, 0.2) is 0 Å². The molecule has 0 aliphatic carbocycles. The van der Waals surface area contributed by atoms with Crippen LogP contribution >= 0.6 is 0 Å². The fraction of sp³-hybridized carbons (Fsp3) is 1.00. The molecular weight excluding hydrogens is 212 g/mol. The Kier molecular flexibility index (Phi) is 6.40. The van der Waals surface area contributed by atoms with E-state index in [4.69, 9.17) is 0 Å². The van der Waals surface area contributed by atoms with Crippen molar-refractivity contribution in [3.63, 3.8) is 0 Å². The molecule has 0 heterocycles. The van der Waals surface area contributed by atoms with E-state index in [0.717, 1.165) is 25.8 Å². The number of sulfonamides is 1. The topological polar surface area (TPSA) is 58.2 Å². The molecular formula is C10H24N2O2S. The molecule has 0 saturated carbocycles. The maximum atomic E-state index is 10.7. The zero-order valence-corrected chi connectivity index (χ0v) is 11.1. The first-order valence-corrected chi connectivity index (χ1v) is 7.29. The fourth-order valence-electron chi connectivity index (χ4n) is 1.15. The molecule has 0 aliphatic rings. The molecule has 0 aliphatic heterocycles. The van der Waals surface area contributed by atoms with Gasteiger partial charge in [0, 0.05) is 12.1 Å². The standard InChI is InChI=1S/C10H24N2O2S/c1-10(2,3)11-8-6-5-7-9-12-15(4,13)14/h11-12H,5-9H2,1-4H3. The summed E-state index contributed by atoms with van der Waals surface area (Å²) in [5, 5.41) is 3.39. The van der Waals surface area contributed by atoms with Crippen molar-refractivity contribution in [3.05, 3.63) is 0 Å². The van der Waals surface area contributed by atoms with Crippen molar-refractivity contribution in [1.82, 2.24) is 10.0 Å². The highest BCUT2D eigenvalue weighted by Gasteiger charge is 2.06. The lowest BCUT2D eigenvalue weighted by molar-refractivity contribution is 0.417. The maximum absolute atomic E-state index is 10.7.